The van der Waals surface area contributed by atoms with Crippen LogP contribution < -0.4 is 4.74 Å². The lowest BCUT2D eigenvalue weighted by Gasteiger charge is -2.50. The molecule has 0 radical (unpaired) electrons. The molecule has 4 heterocycles. The Balaban J connectivity index is 1.10. The maximum Gasteiger partial charge on any atom is 0.264 e. The highest BCUT2D eigenvalue weighted by Gasteiger charge is 2.55. The number of fused-ring (bicyclic) bond motifs is 1. The van der Waals surface area contributed by atoms with Gasteiger partial charge in [0, 0.05) is 25.8 Å². The molecule has 6 heteroatoms. The monoisotopic (exact) mass is 394 g/mol. The molecule has 5 rings (SSSR count). The van der Waals surface area contributed by atoms with Gasteiger partial charge < -0.3 is 19.1 Å². The fourth-order valence-electron chi connectivity index (χ4n) is 4.71. The number of carbonyl (C=O) groups excluding carboxylic acids is 1. The van der Waals surface area contributed by atoms with Gasteiger partial charge in [0.05, 0.1) is 25.4 Å². The third kappa shape index (κ3) is 3.63. The number of hydrogen-bond donors (Lipinski definition) is 0. The van der Waals surface area contributed by atoms with Crippen molar-refractivity contribution in [1.82, 2.24) is 9.88 Å². The summed E-state index contributed by atoms with van der Waals surface area (Å²) in [5.41, 5.74) is 1.86. The van der Waals surface area contributed by atoms with Crippen LogP contribution in [0.5, 0.6) is 5.75 Å². The molecule has 6 nitrogen and oxygen atoms in total. The van der Waals surface area contributed by atoms with Crippen molar-refractivity contribution in [2.24, 2.45) is 5.92 Å². The maximum absolute atomic E-state index is 12.9. The molecule has 0 saturated carbocycles. The molecule has 1 aromatic carbocycles. The largest absolute Gasteiger partial charge is 0.480 e. The van der Waals surface area contributed by atoms with E-state index in [0.29, 0.717) is 38.6 Å². The van der Waals surface area contributed by atoms with Crippen LogP contribution in [0.25, 0.3) is 0 Å². The summed E-state index contributed by atoms with van der Waals surface area (Å²) in [7, 11) is 0. The summed E-state index contributed by atoms with van der Waals surface area (Å²) < 4.78 is 17.8. The molecule has 0 bridgehead atoms. The average Bonchev–Trinajstić information content (AvgIpc) is 3.34. The molecule has 0 N–H and O–H groups in total. The summed E-state index contributed by atoms with van der Waals surface area (Å²) in [4.78, 5) is 19.0. The second-order valence-electron chi connectivity index (χ2n) is 8.17. The molecule has 1 amide bonds. The Morgan fingerprint density at radius 3 is 2.90 bits per heavy atom. The van der Waals surface area contributed by atoms with Gasteiger partial charge in [0.15, 0.2) is 6.10 Å². The molecule has 0 aliphatic carbocycles. The zero-order chi connectivity index (χ0) is 19.7. The first-order valence-electron chi connectivity index (χ1n) is 10.4. The Kier molecular flexibility index (Phi) is 4.97. The van der Waals surface area contributed by atoms with E-state index in [-0.39, 0.29) is 11.5 Å². The molecular formula is C23H26N2O4. The fourth-order valence-corrected chi connectivity index (χ4v) is 4.71. The van der Waals surface area contributed by atoms with Crippen molar-refractivity contribution in [3.63, 3.8) is 0 Å². The Morgan fingerprint density at radius 2 is 2.07 bits per heavy atom. The molecule has 3 aliphatic heterocycles. The van der Waals surface area contributed by atoms with Crippen LogP contribution in [0.15, 0.2) is 48.7 Å². The Morgan fingerprint density at radius 1 is 1.21 bits per heavy atom. The predicted molar refractivity (Wildman–Crippen MR) is 106 cm³/mol. The van der Waals surface area contributed by atoms with E-state index in [1.165, 1.54) is 0 Å². The van der Waals surface area contributed by atoms with Crippen LogP contribution in [0, 0.1) is 5.92 Å². The first-order chi connectivity index (χ1) is 14.2. The molecule has 1 aromatic heterocycles. The van der Waals surface area contributed by atoms with E-state index in [0.717, 1.165) is 36.5 Å². The average molecular weight is 394 g/mol. The van der Waals surface area contributed by atoms with Crippen LogP contribution >= 0.6 is 0 Å². The van der Waals surface area contributed by atoms with Crippen LogP contribution in [0.2, 0.25) is 0 Å². The lowest BCUT2D eigenvalue weighted by atomic mass is 9.79. The number of hydrogen-bond acceptors (Lipinski definition) is 5. The summed E-state index contributed by atoms with van der Waals surface area (Å²) in [5, 5.41) is 0. The number of ether oxygens (including phenoxy) is 3. The van der Waals surface area contributed by atoms with Crippen molar-refractivity contribution in [3.05, 3.63) is 59.9 Å². The summed E-state index contributed by atoms with van der Waals surface area (Å²) in [6, 6.07) is 13.7. The summed E-state index contributed by atoms with van der Waals surface area (Å²) >= 11 is 0. The Hall–Kier alpha value is -2.44. The highest BCUT2D eigenvalue weighted by atomic mass is 16.5. The maximum atomic E-state index is 12.9. The number of aromatic nitrogens is 1. The van der Waals surface area contributed by atoms with E-state index >= 15 is 0 Å². The molecule has 3 aliphatic rings. The highest BCUT2D eigenvalue weighted by molar-refractivity contribution is 5.83. The number of nitrogens with zero attached hydrogens (tertiary/aromatic N) is 2. The summed E-state index contributed by atoms with van der Waals surface area (Å²) in [6.45, 7) is 3.30. The van der Waals surface area contributed by atoms with Crippen LogP contribution in [0.4, 0.5) is 0 Å². The highest BCUT2D eigenvalue weighted by Crippen LogP contribution is 2.42. The van der Waals surface area contributed by atoms with Gasteiger partial charge in [0.2, 0.25) is 0 Å². The summed E-state index contributed by atoms with van der Waals surface area (Å²) in [6.07, 6.45) is 4.02. The quantitative estimate of drug-likeness (QED) is 0.705. The third-order valence-electron chi connectivity index (χ3n) is 6.34. The van der Waals surface area contributed by atoms with Gasteiger partial charge in [0.25, 0.3) is 5.91 Å². The number of amides is 1. The topological polar surface area (TPSA) is 60.9 Å². The lowest BCUT2D eigenvalue weighted by Crippen LogP contribution is -2.67. The van der Waals surface area contributed by atoms with Gasteiger partial charge in [-0.25, -0.2) is 0 Å². The zero-order valence-electron chi connectivity index (χ0n) is 16.5. The van der Waals surface area contributed by atoms with E-state index in [2.05, 4.69) is 4.98 Å². The van der Waals surface area contributed by atoms with E-state index in [9.17, 15) is 4.79 Å². The van der Waals surface area contributed by atoms with Gasteiger partial charge >= 0.3 is 0 Å². The van der Waals surface area contributed by atoms with Crippen LogP contribution in [0.3, 0.4) is 0 Å². The van der Waals surface area contributed by atoms with Crippen molar-refractivity contribution >= 4 is 5.91 Å². The van der Waals surface area contributed by atoms with Gasteiger partial charge in [0.1, 0.15) is 11.4 Å². The zero-order valence-corrected chi connectivity index (χ0v) is 16.5. The normalized spacial score (nSPS) is 24.2. The molecule has 2 unspecified atom stereocenters. The number of pyridine rings is 1. The van der Waals surface area contributed by atoms with E-state index < -0.39 is 6.10 Å². The molecular weight excluding hydrogens is 368 g/mol. The molecule has 2 atom stereocenters. The van der Waals surface area contributed by atoms with Gasteiger partial charge in [-0.3, -0.25) is 9.78 Å². The second-order valence-corrected chi connectivity index (χ2v) is 8.17. The van der Waals surface area contributed by atoms with Crippen molar-refractivity contribution in [2.75, 3.05) is 26.3 Å². The van der Waals surface area contributed by atoms with Crippen molar-refractivity contribution < 1.29 is 19.0 Å². The third-order valence-corrected chi connectivity index (χ3v) is 6.34. The lowest BCUT2D eigenvalue weighted by molar-refractivity contribution is -0.171. The second kappa shape index (κ2) is 7.76. The minimum atomic E-state index is -0.397. The SMILES string of the molecule is O=C(C1Cc2ccccc2O1)N1CC2(C1)OCCC2CCOCc1ccccn1. The molecule has 152 valence electrons. The minimum absolute atomic E-state index is 0.0764. The van der Waals surface area contributed by atoms with Crippen molar-refractivity contribution in [3.8, 4) is 5.75 Å². The molecule has 2 fully saturated rings. The van der Waals surface area contributed by atoms with Crippen molar-refractivity contribution in [1.29, 1.82) is 0 Å². The van der Waals surface area contributed by atoms with Gasteiger partial charge in [-0.2, -0.15) is 0 Å². The van der Waals surface area contributed by atoms with Gasteiger partial charge in [-0.15, -0.1) is 0 Å². The minimum Gasteiger partial charge on any atom is -0.480 e. The van der Waals surface area contributed by atoms with Gasteiger partial charge in [-0.1, -0.05) is 24.3 Å². The standard InChI is InChI=1S/C23H26N2O4/c26-22(21-13-17-5-1-2-7-20(17)29-21)25-15-23(16-25)18(9-12-28-23)8-11-27-14-19-6-3-4-10-24-19/h1-7,10,18,21H,8-9,11-16H2. The number of para-hydroxylation sites is 1. The molecule has 2 aromatic rings. The Bertz CT molecular complexity index is 841. The number of carbonyl (C=O) groups is 1. The first kappa shape index (κ1) is 18.6. The number of rotatable bonds is 6. The fraction of sp³-hybridized carbons (Fsp3) is 0.478. The first-order valence-corrected chi connectivity index (χ1v) is 10.4. The van der Waals surface area contributed by atoms with E-state index in [4.69, 9.17) is 14.2 Å². The van der Waals surface area contributed by atoms with E-state index in [1.807, 2.05) is 47.4 Å². The predicted octanol–water partition coefficient (Wildman–Crippen LogP) is 2.61. The Labute approximate surface area is 170 Å². The summed E-state index contributed by atoms with van der Waals surface area (Å²) in [5.74, 6) is 1.34. The number of benzene rings is 1. The van der Waals surface area contributed by atoms with Crippen molar-refractivity contribution in [2.45, 2.75) is 37.6 Å². The van der Waals surface area contributed by atoms with Gasteiger partial charge in [-0.05, 0) is 42.5 Å². The number of likely N-dealkylation sites (tertiary alicyclic amines) is 1. The molecule has 29 heavy (non-hydrogen) atoms. The molecule has 1 spiro atoms. The van der Waals surface area contributed by atoms with Crippen LogP contribution in [-0.4, -0.2) is 53.8 Å². The smallest absolute Gasteiger partial charge is 0.264 e. The van der Waals surface area contributed by atoms with Crippen LogP contribution in [0.1, 0.15) is 24.1 Å². The van der Waals surface area contributed by atoms with E-state index in [1.54, 1.807) is 6.20 Å². The molecule has 2 saturated heterocycles. The van der Waals surface area contributed by atoms with Crippen LogP contribution in [-0.2, 0) is 27.3 Å².